The molecule has 258 valence electrons. The largest absolute Gasteiger partial charge is 0.452 e. The SMILES string of the molecule is c1ccc(-c2ccc(-c3cccc(-c4cc(-c5ccccc5)cc(-c5cccc(-c6nc(-c7ccccc7)c7oc8ccccc8c7n6)c5)c4)c3)cc2)cc1. The molecule has 0 radical (unpaired) electrons. The number of rotatable bonds is 7. The molecule has 0 amide bonds. The van der Waals surface area contributed by atoms with Gasteiger partial charge in [-0.2, -0.15) is 0 Å². The zero-order valence-corrected chi connectivity index (χ0v) is 29.9. The molecule has 3 heteroatoms. The van der Waals surface area contributed by atoms with Crippen LogP contribution < -0.4 is 0 Å². The number of hydrogen-bond donors (Lipinski definition) is 0. The highest BCUT2D eigenvalue weighted by atomic mass is 16.3. The second-order valence-corrected chi connectivity index (χ2v) is 13.8. The molecule has 0 aliphatic carbocycles. The normalized spacial score (nSPS) is 11.3. The minimum Gasteiger partial charge on any atom is -0.452 e. The second-order valence-electron chi connectivity index (χ2n) is 13.8. The molecule has 0 N–H and O–H groups in total. The molecular formula is C52H34N2O. The van der Waals surface area contributed by atoms with Crippen molar-refractivity contribution in [1.29, 1.82) is 0 Å². The molecule has 0 aliphatic heterocycles. The standard InChI is InChI=1S/C52H34N2O/c1-4-14-35(15-5-1)37-26-28-38(29-27-37)40-20-12-21-41(30-40)45-32-44(36-16-6-2-7-17-36)33-46(34-45)42-22-13-23-43(31-42)52-53-49(39-18-8-3-9-19-39)51-50(54-52)47-24-10-11-25-48(47)55-51/h1-34H. The van der Waals surface area contributed by atoms with Gasteiger partial charge in [-0.1, -0.05) is 164 Å². The maximum atomic E-state index is 6.37. The third kappa shape index (κ3) is 6.28. The van der Waals surface area contributed by atoms with E-state index in [0.717, 1.165) is 61.1 Å². The van der Waals surface area contributed by atoms with Gasteiger partial charge in [0.15, 0.2) is 11.4 Å². The molecule has 10 aromatic rings. The first-order valence-corrected chi connectivity index (χ1v) is 18.6. The summed E-state index contributed by atoms with van der Waals surface area (Å²) in [7, 11) is 0. The van der Waals surface area contributed by atoms with E-state index in [4.69, 9.17) is 14.4 Å². The lowest BCUT2D eigenvalue weighted by Gasteiger charge is -2.13. The van der Waals surface area contributed by atoms with E-state index in [1.165, 1.54) is 27.8 Å². The molecule has 55 heavy (non-hydrogen) atoms. The number of nitrogens with zero attached hydrogens (tertiary/aromatic N) is 2. The highest BCUT2D eigenvalue weighted by Crippen LogP contribution is 2.38. The molecule has 0 atom stereocenters. The van der Waals surface area contributed by atoms with E-state index >= 15 is 0 Å². The molecular weight excluding hydrogens is 669 g/mol. The molecule has 0 unspecified atom stereocenters. The van der Waals surface area contributed by atoms with Crippen molar-refractivity contribution in [1.82, 2.24) is 9.97 Å². The van der Waals surface area contributed by atoms with Crippen LogP contribution in [0.1, 0.15) is 0 Å². The summed E-state index contributed by atoms with van der Waals surface area (Å²) in [6, 6.07) is 72.5. The number of hydrogen-bond acceptors (Lipinski definition) is 3. The van der Waals surface area contributed by atoms with Crippen molar-refractivity contribution in [2.45, 2.75) is 0 Å². The Morgan fingerprint density at radius 3 is 1.31 bits per heavy atom. The smallest absolute Gasteiger partial charge is 0.180 e. The topological polar surface area (TPSA) is 38.9 Å². The predicted molar refractivity (Wildman–Crippen MR) is 227 cm³/mol. The van der Waals surface area contributed by atoms with Gasteiger partial charge in [-0.15, -0.1) is 0 Å². The number of para-hydroxylation sites is 1. The fraction of sp³-hybridized carbons (Fsp3) is 0. The van der Waals surface area contributed by atoms with E-state index in [2.05, 4.69) is 170 Å². The van der Waals surface area contributed by atoms with E-state index in [1.807, 2.05) is 36.4 Å². The maximum absolute atomic E-state index is 6.37. The average Bonchev–Trinajstić information content (AvgIpc) is 3.66. The number of furan rings is 1. The summed E-state index contributed by atoms with van der Waals surface area (Å²) < 4.78 is 6.37. The summed E-state index contributed by atoms with van der Waals surface area (Å²) in [5.41, 5.74) is 16.7. The Morgan fingerprint density at radius 2 is 0.691 bits per heavy atom. The van der Waals surface area contributed by atoms with Crippen molar-refractivity contribution < 1.29 is 4.42 Å². The van der Waals surface area contributed by atoms with Gasteiger partial charge in [0.1, 0.15) is 16.8 Å². The third-order valence-electron chi connectivity index (χ3n) is 10.3. The van der Waals surface area contributed by atoms with Crippen LogP contribution in [0, 0.1) is 0 Å². The Hall–Kier alpha value is -7.36. The third-order valence-corrected chi connectivity index (χ3v) is 10.3. The average molecular weight is 703 g/mol. The van der Waals surface area contributed by atoms with Gasteiger partial charge < -0.3 is 4.42 Å². The van der Waals surface area contributed by atoms with Crippen LogP contribution in [0.5, 0.6) is 0 Å². The molecule has 0 aliphatic rings. The van der Waals surface area contributed by atoms with Crippen molar-refractivity contribution in [3.05, 3.63) is 206 Å². The molecule has 2 heterocycles. The van der Waals surface area contributed by atoms with Gasteiger partial charge in [-0.3, -0.25) is 0 Å². The first kappa shape index (κ1) is 32.3. The monoisotopic (exact) mass is 702 g/mol. The molecule has 0 bridgehead atoms. The van der Waals surface area contributed by atoms with Crippen LogP contribution in [0.2, 0.25) is 0 Å². The van der Waals surface area contributed by atoms with Gasteiger partial charge in [-0.25, -0.2) is 9.97 Å². The van der Waals surface area contributed by atoms with Crippen molar-refractivity contribution in [2.24, 2.45) is 0 Å². The van der Waals surface area contributed by atoms with Crippen LogP contribution in [-0.4, -0.2) is 9.97 Å². The molecule has 0 spiro atoms. The lowest BCUT2D eigenvalue weighted by Crippen LogP contribution is -1.94. The fourth-order valence-electron chi connectivity index (χ4n) is 7.47. The van der Waals surface area contributed by atoms with Crippen LogP contribution >= 0.6 is 0 Å². The Bertz CT molecular complexity index is 2950. The van der Waals surface area contributed by atoms with E-state index in [-0.39, 0.29) is 0 Å². The number of benzene rings is 8. The quantitative estimate of drug-likeness (QED) is 0.166. The van der Waals surface area contributed by atoms with Crippen LogP contribution in [0.25, 0.3) is 100 Å². The van der Waals surface area contributed by atoms with Gasteiger partial charge in [-0.05, 0) is 98.1 Å². The highest BCUT2D eigenvalue weighted by Gasteiger charge is 2.18. The molecule has 8 aromatic carbocycles. The summed E-state index contributed by atoms with van der Waals surface area (Å²) in [5, 5.41) is 0.976. The van der Waals surface area contributed by atoms with Crippen LogP contribution in [0.4, 0.5) is 0 Å². The van der Waals surface area contributed by atoms with Crippen molar-refractivity contribution in [3.63, 3.8) is 0 Å². The molecule has 2 aromatic heterocycles. The fourth-order valence-corrected chi connectivity index (χ4v) is 7.47. The molecule has 3 nitrogen and oxygen atoms in total. The minimum atomic E-state index is 0.658. The zero-order chi connectivity index (χ0) is 36.6. The molecule has 0 saturated heterocycles. The number of fused-ring (bicyclic) bond motifs is 3. The molecule has 0 fully saturated rings. The Morgan fingerprint density at radius 1 is 0.291 bits per heavy atom. The summed E-state index contributed by atoms with van der Waals surface area (Å²) >= 11 is 0. The van der Waals surface area contributed by atoms with Gasteiger partial charge in [0.2, 0.25) is 0 Å². The van der Waals surface area contributed by atoms with Crippen molar-refractivity contribution in [2.75, 3.05) is 0 Å². The van der Waals surface area contributed by atoms with Crippen LogP contribution in [0.15, 0.2) is 211 Å². The first-order valence-electron chi connectivity index (χ1n) is 18.6. The Kier molecular flexibility index (Phi) is 8.16. The lowest BCUT2D eigenvalue weighted by atomic mass is 9.91. The van der Waals surface area contributed by atoms with Gasteiger partial charge in [0.05, 0.1) is 0 Å². The zero-order valence-electron chi connectivity index (χ0n) is 29.9. The van der Waals surface area contributed by atoms with Gasteiger partial charge in [0, 0.05) is 16.5 Å². The molecule has 10 rings (SSSR count). The van der Waals surface area contributed by atoms with Crippen LogP contribution in [-0.2, 0) is 0 Å². The van der Waals surface area contributed by atoms with Crippen LogP contribution in [0.3, 0.4) is 0 Å². The lowest BCUT2D eigenvalue weighted by molar-refractivity contribution is 0.667. The highest BCUT2D eigenvalue weighted by molar-refractivity contribution is 6.07. The van der Waals surface area contributed by atoms with Gasteiger partial charge in [0.25, 0.3) is 0 Å². The first-order chi connectivity index (χ1) is 27.2. The summed E-state index contributed by atoms with van der Waals surface area (Å²) in [6.07, 6.45) is 0. The second kappa shape index (κ2) is 13.9. The van der Waals surface area contributed by atoms with E-state index in [0.29, 0.717) is 11.4 Å². The predicted octanol–water partition coefficient (Wildman–Crippen LogP) is 14.0. The van der Waals surface area contributed by atoms with E-state index < -0.39 is 0 Å². The maximum Gasteiger partial charge on any atom is 0.180 e. The van der Waals surface area contributed by atoms with E-state index in [1.54, 1.807) is 0 Å². The van der Waals surface area contributed by atoms with E-state index in [9.17, 15) is 0 Å². The number of aromatic nitrogens is 2. The summed E-state index contributed by atoms with van der Waals surface area (Å²) in [5.74, 6) is 0.658. The van der Waals surface area contributed by atoms with Gasteiger partial charge >= 0.3 is 0 Å². The van der Waals surface area contributed by atoms with Crippen molar-refractivity contribution in [3.8, 4) is 78.3 Å². The van der Waals surface area contributed by atoms with Crippen molar-refractivity contribution >= 4 is 22.1 Å². The minimum absolute atomic E-state index is 0.658. The Labute approximate surface area is 319 Å². The molecule has 0 saturated carbocycles. The summed E-state index contributed by atoms with van der Waals surface area (Å²) in [4.78, 5) is 10.3. The summed E-state index contributed by atoms with van der Waals surface area (Å²) in [6.45, 7) is 0. The Balaban J connectivity index is 1.08.